The molecule has 3 atom stereocenters. The molecule has 104 valence electrons. The van der Waals surface area contributed by atoms with Crippen LogP contribution in [0.1, 0.15) is 12.8 Å². The molecule has 0 aromatic rings. The van der Waals surface area contributed by atoms with Gasteiger partial charge in [-0.2, -0.15) is 11.8 Å². The van der Waals surface area contributed by atoms with E-state index < -0.39 is 0 Å². The molecule has 4 nitrogen and oxygen atoms in total. The zero-order valence-corrected chi connectivity index (χ0v) is 12.4. The molecule has 3 N–H and O–H groups in total. The number of aliphatic hydroxyl groups is 1. The summed E-state index contributed by atoms with van der Waals surface area (Å²) in [5.41, 5.74) is 0. The first-order valence-corrected chi connectivity index (χ1v) is 9.05. The van der Waals surface area contributed by atoms with Crippen LogP contribution in [0.5, 0.6) is 0 Å². The molecule has 3 saturated heterocycles. The van der Waals surface area contributed by atoms with Gasteiger partial charge >= 0.3 is 0 Å². The fourth-order valence-corrected chi connectivity index (χ4v) is 5.46. The molecule has 0 amide bonds. The largest absolute Gasteiger partial charge is 0.377 e. The van der Waals surface area contributed by atoms with Crippen LogP contribution in [0.25, 0.3) is 0 Å². The Morgan fingerprint density at radius 2 is 2.17 bits per heavy atom. The van der Waals surface area contributed by atoms with Crippen LogP contribution in [-0.4, -0.2) is 70.6 Å². The van der Waals surface area contributed by atoms with Crippen LogP contribution in [0.3, 0.4) is 0 Å². The third kappa shape index (κ3) is 2.83. The van der Waals surface area contributed by atoms with Crippen LogP contribution in [0.2, 0.25) is 0 Å². The maximum atomic E-state index is 10.5. The molecule has 0 aromatic heterocycles. The van der Waals surface area contributed by atoms with E-state index in [2.05, 4.69) is 15.5 Å². The third-order valence-corrected chi connectivity index (χ3v) is 6.60. The number of piperidine rings is 1. The summed E-state index contributed by atoms with van der Waals surface area (Å²) in [6, 6.07) is 0.234. The van der Waals surface area contributed by atoms with Crippen LogP contribution in [0.15, 0.2) is 0 Å². The second-order valence-corrected chi connectivity index (χ2v) is 8.03. The van der Waals surface area contributed by atoms with E-state index >= 15 is 0 Å². The number of aliphatic hydroxyl groups excluding tert-OH is 1. The highest BCUT2D eigenvalue weighted by molar-refractivity contribution is 8.01. The van der Waals surface area contributed by atoms with Crippen molar-refractivity contribution in [3.8, 4) is 0 Å². The van der Waals surface area contributed by atoms with Gasteiger partial charge in [-0.25, -0.2) is 0 Å². The third-order valence-electron chi connectivity index (χ3n) is 4.11. The fraction of sp³-hybridized carbons (Fsp3) is 1.00. The molecule has 18 heavy (non-hydrogen) atoms. The molecule has 0 aliphatic carbocycles. The zero-order chi connectivity index (χ0) is 12.4. The van der Waals surface area contributed by atoms with Crippen molar-refractivity contribution in [1.29, 1.82) is 0 Å². The second kappa shape index (κ2) is 5.89. The summed E-state index contributed by atoms with van der Waals surface area (Å²) >= 11 is 3.99. The number of hydrogen-bond acceptors (Lipinski definition) is 6. The minimum atomic E-state index is -0.306. The molecule has 3 heterocycles. The summed E-state index contributed by atoms with van der Waals surface area (Å²) in [5, 5.41) is 17.7. The molecule has 0 radical (unpaired) electrons. The van der Waals surface area contributed by atoms with E-state index in [1.807, 2.05) is 23.5 Å². The summed E-state index contributed by atoms with van der Waals surface area (Å²) in [5.74, 6) is 3.35. The Labute approximate surface area is 118 Å². The highest BCUT2D eigenvalue weighted by Crippen LogP contribution is 2.36. The Morgan fingerprint density at radius 1 is 1.33 bits per heavy atom. The molecule has 0 bridgehead atoms. The van der Waals surface area contributed by atoms with E-state index in [1.54, 1.807) is 0 Å². The van der Waals surface area contributed by atoms with E-state index in [4.69, 9.17) is 0 Å². The minimum Gasteiger partial charge on any atom is -0.377 e. The summed E-state index contributed by atoms with van der Waals surface area (Å²) in [6.07, 6.45) is 2.16. The van der Waals surface area contributed by atoms with Crippen molar-refractivity contribution in [1.82, 2.24) is 15.5 Å². The maximum Gasteiger partial charge on any atom is 0.123 e. The van der Waals surface area contributed by atoms with Crippen LogP contribution < -0.4 is 10.6 Å². The average Bonchev–Trinajstić information content (AvgIpc) is 2.83. The minimum absolute atomic E-state index is 0.189. The topological polar surface area (TPSA) is 47.5 Å². The first kappa shape index (κ1) is 13.5. The lowest BCUT2D eigenvalue weighted by Gasteiger charge is -2.37. The van der Waals surface area contributed by atoms with E-state index in [-0.39, 0.29) is 17.1 Å². The standard InChI is InChI=1S/C12H23N3OS2/c16-11(15-4-6-17-7-5-15)10-8-18-12(14-10)2-1-3-13-9-12/h10-11,13-14,16H,1-9H2/t10-,11?,12?/m0/s1. The highest BCUT2D eigenvalue weighted by Gasteiger charge is 2.43. The van der Waals surface area contributed by atoms with Crippen molar-refractivity contribution in [2.75, 3.05) is 43.4 Å². The maximum absolute atomic E-state index is 10.5. The number of rotatable bonds is 2. The fourth-order valence-electron chi connectivity index (χ4n) is 3.05. The summed E-state index contributed by atoms with van der Waals surface area (Å²) in [7, 11) is 0. The Bertz CT molecular complexity index is 280. The first-order chi connectivity index (χ1) is 8.79. The quantitative estimate of drug-likeness (QED) is 0.672. The predicted molar refractivity (Wildman–Crippen MR) is 79.1 cm³/mol. The molecule has 0 saturated carbocycles. The highest BCUT2D eigenvalue weighted by atomic mass is 32.2. The van der Waals surface area contributed by atoms with Crippen molar-refractivity contribution >= 4 is 23.5 Å². The van der Waals surface area contributed by atoms with Gasteiger partial charge in [0.2, 0.25) is 0 Å². The Kier molecular flexibility index (Phi) is 4.42. The van der Waals surface area contributed by atoms with E-state index in [0.717, 1.165) is 43.4 Å². The van der Waals surface area contributed by atoms with Crippen molar-refractivity contribution in [2.45, 2.75) is 30.0 Å². The van der Waals surface area contributed by atoms with Crippen molar-refractivity contribution < 1.29 is 5.11 Å². The number of nitrogens with one attached hydrogen (secondary N) is 2. The van der Waals surface area contributed by atoms with E-state index in [1.165, 1.54) is 12.8 Å². The summed E-state index contributed by atoms with van der Waals surface area (Å²) < 4.78 is 0. The normalized spacial score (nSPS) is 40.2. The Hall–Kier alpha value is 0.540. The lowest BCUT2D eigenvalue weighted by molar-refractivity contribution is -0.0145. The molecular weight excluding hydrogens is 266 g/mol. The van der Waals surface area contributed by atoms with Gasteiger partial charge in [0.1, 0.15) is 6.23 Å². The van der Waals surface area contributed by atoms with Crippen molar-refractivity contribution in [3.63, 3.8) is 0 Å². The molecule has 1 spiro atoms. The van der Waals surface area contributed by atoms with Crippen LogP contribution >= 0.6 is 23.5 Å². The number of thioether (sulfide) groups is 2. The van der Waals surface area contributed by atoms with Crippen LogP contribution in [-0.2, 0) is 0 Å². The van der Waals surface area contributed by atoms with Gasteiger partial charge in [0.25, 0.3) is 0 Å². The zero-order valence-electron chi connectivity index (χ0n) is 10.7. The first-order valence-electron chi connectivity index (χ1n) is 6.91. The number of nitrogens with zero attached hydrogens (tertiary/aromatic N) is 1. The van der Waals surface area contributed by atoms with Crippen molar-refractivity contribution in [3.05, 3.63) is 0 Å². The van der Waals surface area contributed by atoms with Gasteiger partial charge in [0, 0.05) is 36.9 Å². The van der Waals surface area contributed by atoms with Gasteiger partial charge in [0.15, 0.2) is 0 Å². The van der Waals surface area contributed by atoms with Gasteiger partial charge in [-0.15, -0.1) is 11.8 Å². The molecule has 3 aliphatic rings. The second-order valence-electron chi connectivity index (χ2n) is 5.40. The van der Waals surface area contributed by atoms with Gasteiger partial charge in [0.05, 0.1) is 10.9 Å². The monoisotopic (exact) mass is 289 g/mol. The van der Waals surface area contributed by atoms with Gasteiger partial charge < -0.3 is 10.4 Å². The van der Waals surface area contributed by atoms with Gasteiger partial charge in [-0.1, -0.05) is 0 Å². The SMILES string of the molecule is OC([C@@H]1CSC2(CCCNC2)N1)N1CCSCC1. The van der Waals surface area contributed by atoms with E-state index in [0.29, 0.717) is 0 Å². The predicted octanol–water partition coefficient (Wildman–Crippen LogP) is 0.138. The van der Waals surface area contributed by atoms with Gasteiger partial charge in [-0.3, -0.25) is 10.2 Å². The van der Waals surface area contributed by atoms with E-state index in [9.17, 15) is 5.11 Å². The van der Waals surface area contributed by atoms with Crippen molar-refractivity contribution in [2.24, 2.45) is 0 Å². The Morgan fingerprint density at radius 3 is 2.89 bits per heavy atom. The number of hydrogen-bond donors (Lipinski definition) is 3. The molecule has 0 aromatic carbocycles. The lowest BCUT2D eigenvalue weighted by atomic mass is 10.1. The smallest absolute Gasteiger partial charge is 0.123 e. The molecule has 2 unspecified atom stereocenters. The Balaban J connectivity index is 1.57. The molecule has 3 fully saturated rings. The molecule has 3 rings (SSSR count). The molecular formula is C12H23N3OS2. The van der Waals surface area contributed by atoms with Crippen LogP contribution in [0, 0.1) is 0 Å². The average molecular weight is 289 g/mol. The van der Waals surface area contributed by atoms with Gasteiger partial charge in [-0.05, 0) is 19.4 Å². The summed E-state index contributed by atoms with van der Waals surface area (Å²) in [6.45, 7) is 4.23. The molecule has 3 aliphatic heterocycles. The molecule has 6 heteroatoms. The summed E-state index contributed by atoms with van der Waals surface area (Å²) in [4.78, 5) is 2.43. The van der Waals surface area contributed by atoms with Crippen LogP contribution in [0.4, 0.5) is 0 Å². The lowest BCUT2D eigenvalue weighted by Crippen LogP contribution is -2.58.